The van der Waals surface area contributed by atoms with Crippen molar-refractivity contribution in [2.75, 3.05) is 0 Å². The topological polar surface area (TPSA) is 83.3 Å². The first-order valence-electron chi connectivity index (χ1n) is 9.97. The van der Waals surface area contributed by atoms with Crippen molar-refractivity contribution in [2.24, 2.45) is 0 Å². The molecule has 2 fully saturated rings. The average Bonchev–Trinajstić information content (AvgIpc) is 3.24. The van der Waals surface area contributed by atoms with Gasteiger partial charge in [-0.15, -0.1) is 10.2 Å². The Kier molecular flexibility index (Phi) is 5.24. The second-order valence-electron chi connectivity index (χ2n) is 8.03. The minimum Gasteiger partial charge on any atom is -0.389 e. The van der Waals surface area contributed by atoms with E-state index in [1.807, 2.05) is 16.4 Å². The van der Waals surface area contributed by atoms with E-state index in [2.05, 4.69) is 15.5 Å². The van der Waals surface area contributed by atoms with Crippen LogP contribution in [0.1, 0.15) is 44.0 Å². The maximum Gasteiger partial charge on any atom is 0.318 e. The van der Waals surface area contributed by atoms with Gasteiger partial charge in [0.2, 0.25) is 0 Å². The number of benzene rings is 1. The van der Waals surface area contributed by atoms with E-state index in [0.29, 0.717) is 24.2 Å². The lowest BCUT2D eigenvalue weighted by Crippen LogP contribution is -2.56. The maximum absolute atomic E-state index is 14.0. The number of aliphatic hydroxyl groups is 1. The molecular weight excluding hydrogens is 380 g/mol. The third-order valence-electron chi connectivity index (χ3n) is 6.05. The maximum atomic E-state index is 14.0. The van der Waals surface area contributed by atoms with Crippen molar-refractivity contribution >= 4 is 6.03 Å². The second kappa shape index (κ2) is 7.70. The molecule has 0 aliphatic carbocycles. The van der Waals surface area contributed by atoms with Gasteiger partial charge in [-0.1, -0.05) is 6.07 Å². The van der Waals surface area contributed by atoms with Crippen LogP contribution < -0.4 is 5.32 Å². The Morgan fingerprint density at radius 2 is 2.03 bits per heavy atom. The summed E-state index contributed by atoms with van der Waals surface area (Å²) in [5.41, 5.74) is -0.811. The van der Waals surface area contributed by atoms with Crippen LogP contribution >= 0.6 is 0 Å². The summed E-state index contributed by atoms with van der Waals surface area (Å²) in [6, 6.07) is 3.03. The molecule has 9 heteroatoms. The van der Waals surface area contributed by atoms with Crippen LogP contribution in [-0.4, -0.2) is 48.5 Å². The molecule has 156 valence electrons. The minimum atomic E-state index is -1.11. The normalized spacial score (nSPS) is 26.0. The number of piperidine rings is 1. The molecule has 2 aromatic rings. The SMILES string of the molecule is CCn1cnnc1CNC(=O)N1[C@H]2CC[C@H]1CC(O)(Cc1ccc(F)cc1F)C2. The molecule has 2 aliphatic rings. The standard InChI is InChI=1S/C20H25F2N5O2/c1-2-26-12-24-25-18(26)11-23-19(28)27-15-5-6-16(27)10-20(29,9-15)8-13-3-4-14(21)7-17(13)22/h3-4,7,12,15-16,29H,2,5-6,8-11H2,1H3,(H,23,28)/t15-,16-/m0/s1. The number of amides is 2. The summed E-state index contributed by atoms with van der Waals surface area (Å²) < 4.78 is 29.1. The summed E-state index contributed by atoms with van der Waals surface area (Å²) >= 11 is 0. The van der Waals surface area contributed by atoms with Crippen LogP contribution in [0.5, 0.6) is 0 Å². The van der Waals surface area contributed by atoms with Crippen molar-refractivity contribution in [1.29, 1.82) is 0 Å². The fourth-order valence-corrected chi connectivity index (χ4v) is 4.74. The molecule has 2 N–H and O–H groups in total. The number of aromatic nitrogens is 3. The van der Waals surface area contributed by atoms with Gasteiger partial charge in [0, 0.05) is 31.1 Å². The van der Waals surface area contributed by atoms with Crippen molar-refractivity contribution in [3.63, 3.8) is 0 Å². The van der Waals surface area contributed by atoms with E-state index in [9.17, 15) is 18.7 Å². The van der Waals surface area contributed by atoms with Gasteiger partial charge in [0.05, 0.1) is 12.1 Å². The van der Waals surface area contributed by atoms with Gasteiger partial charge in [-0.3, -0.25) is 0 Å². The summed E-state index contributed by atoms with van der Waals surface area (Å²) in [5, 5.41) is 21.9. The molecule has 29 heavy (non-hydrogen) atoms. The highest BCUT2D eigenvalue weighted by molar-refractivity contribution is 5.75. The van der Waals surface area contributed by atoms with E-state index < -0.39 is 17.2 Å². The molecule has 2 amide bonds. The summed E-state index contributed by atoms with van der Waals surface area (Å²) in [7, 11) is 0. The number of rotatable bonds is 5. The van der Waals surface area contributed by atoms with E-state index in [1.54, 1.807) is 6.33 Å². The molecule has 1 aromatic carbocycles. The number of aryl methyl sites for hydroxylation is 1. The molecule has 2 saturated heterocycles. The Labute approximate surface area is 167 Å². The molecule has 0 unspecified atom stereocenters. The lowest BCUT2D eigenvalue weighted by molar-refractivity contribution is -0.0387. The van der Waals surface area contributed by atoms with Gasteiger partial charge in [-0.25, -0.2) is 13.6 Å². The van der Waals surface area contributed by atoms with Crippen molar-refractivity contribution < 1.29 is 18.7 Å². The van der Waals surface area contributed by atoms with E-state index in [-0.39, 0.29) is 31.1 Å². The Bertz CT molecular complexity index is 889. The molecule has 2 bridgehead atoms. The highest BCUT2D eigenvalue weighted by Crippen LogP contribution is 2.42. The van der Waals surface area contributed by atoms with E-state index in [1.165, 1.54) is 12.1 Å². The van der Waals surface area contributed by atoms with Crippen LogP contribution in [0.25, 0.3) is 0 Å². The molecule has 0 spiro atoms. The number of hydrogen-bond donors (Lipinski definition) is 2. The Morgan fingerprint density at radius 3 is 2.69 bits per heavy atom. The van der Waals surface area contributed by atoms with Crippen LogP contribution in [0, 0.1) is 11.6 Å². The van der Waals surface area contributed by atoms with Gasteiger partial charge in [-0.2, -0.15) is 0 Å². The minimum absolute atomic E-state index is 0.105. The fraction of sp³-hybridized carbons (Fsp3) is 0.550. The number of carbonyl (C=O) groups is 1. The molecule has 1 aromatic heterocycles. The van der Waals surface area contributed by atoms with Crippen LogP contribution in [0.2, 0.25) is 0 Å². The number of nitrogens with zero attached hydrogens (tertiary/aromatic N) is 4. The Morgan fingerprint density at radius 1 is 1.31 bits per heavy atom. The number of nitrogens with one attached hydrogen (secondary N) is 1. The highest BCUT2D eigenvalue weighted by Gasteiger charge is 2.49. The number of hydrogen-bond acceptors (Lipinski definition) is 4. The first-order valence-corrected chi connectivity index (χ1v) is 9.97. The predicted molar refractivity (Wildman–Crippen MR) is 101 cm³/mol. The van der Waals surface area contributed by atoms with Gasteiger partial charge in [0.1, 0.15) is 18.0 Å². The van der Waals surface area contributed by atoms with Crippen LogP contribution in [-0.2, 0) is 19.5 Å². The molecule has 2 aliphatic heterocycles. The second-order valence-corrected chi connectivity index (χ2v) is 8.03. The fourth-order valence-electron chi connectivity index (χ4n) is 4.74. The lowest BCUT2D eigenvalue weighted by Gasteiger charge is -2.43. The molecule has 7 nitrogen and oxygen atoms in total. The summed E-state index contributed by atoms with van der Waals surface area (Å²) in [6.45, 7) is 2.98. The molecule has 0 radical (unpaired) electrons. The third-order valence-corrected chi connectivity index (χ3v) is 6.05. The highest BCUT2D eigenvalue weighted by atomic mass is 19.1. The average molecular weight is 405 g/mol. The van der Waals surface area contributed by atoms with Crippen LogP contribution in [0.3, 0.4) is 0 Å². The number of carbonyl (C=O) groups excluding carboxylic acids is 1. The van der Waals surface area contributed by atoms with E-state index >= 15 is 0 Å². The van der Waals surface area contributed by atoms with Crippen molar-refractivity contribution in [3.05, 3.63) is 47.5 Å². The predicted octanol–water partition coefficient (Wildman–Crippen LogP) is 2.39. The van der Waals surface area contributed by atoms with Gasteiger partial charge in [-0.05, 0) is 44.2 Å². The summed E-state index contributed by atoms with van der Waals surface area (Å²) in [4.78, 5) is 14.6. The van der Waals surface area contributed by atoms with Crippen LogP contribution in [0.4, 0.5) is 13.6 Å². The van der Waals surface area contributed by atoms with E-state index in [4.69, 9.17) is 0 Å². The van der Waals surface area contributed by atoms with Gasteiger partial charge >= 0.3 is 6.03 Å². The monoisotopic (exact) mass is 405 g/mol. The Balaban J connectivity index is 1.41. The molecule has 4 rings (SSSR count). The van der Waals surface area contributed by atoms with Crippen molar-refractivity contribution in [3.8, 4) is 0 Å². The molecular formula is C20H25F2N5O2. The number of urea groups is 1. The first-order chi connectivity index (χ1) is 13.9. The van der Waals surface area contributed by atoms with Crippen molar-refractivity contribution in [2.45, 2.75) is 69.8 Å². The Hall–Kier alpha value is -2.55. The first kappa shape index (κ1) is 19.8. The molecule has 0 saturated carbocycles. The van der Waals surface area contributed by atoms with Gasteiger partial charge in [0.25, 0.3) is 0 Å². The molecule has 3 heterocycles. The zero-order chi connectivity index (χ0) is 20.6. The largest absolute Gasteiger partial charge is 0.389 e. The number of fused-ring (bicyclic) bond motifs is 2. The van der Waals surface area contributed by atoms with Gasteiger partial charge in [0.15, 0.2) is 5.82 Å². The van der Waals surface area contributed by atoms with Crippen LogP contribution in [0.15, 0.2) is 24.5 Å². The molecule has 2 atom stereocenters. The van der Waals surface area contributed by atoms with Crippen molar-refractivity contribution in [1.82, 2.24) is 25.0 Å². The quantitative estimate of drug-likeness (QED) is 0.800. The third kappa shape index (κ3) is 3.96. The smallest absolute Gasteiger partial charge is 0.318 e. The van der Waals surface area contributed by atoms with Gasteiger partial charge < -0.3 is 19.9 Å². The summed E-state index contributed by atoms with van der Waals surface area (Å²) in [5.74, 6) is -0.594. The zero-order valence-corrected chi connectivity index (χ0v) is 16.3. The van der Waals surface area contributed by atoms with E-state index in [0.717, 1.165) is 25.5 Å². The summed E-state index contributed by atoms with van der Waals surface area (Å²) in [6.07, 6.45) is 4.09. The zero-order valence-electron chi connectivity index (χ0n) is 16.3. The lowest BCUT2D eigenvalue weighted by atomic mass is 9.81. The number of halogens is 2.